The Bertz CT molecular complexity index is 1240. The van der Waals surface area contributed by atoms with Crippen LogP contribution in [0.5, 0.6) is 11.5 Å². The molecule has 0 heterocycles. The van der Waals surface area contributed by atoms with Crippen LogP contribution in [0.2, 0.25) is 0 Å². The van der Waals surface area contributed by atoms with Crippen molar-refractivity contribution in [2.75, 3.05) is 20.3 Å². The van der Waals surface area contributed by atoms with E-state index < -0.39 is 35.9 Å². The number of aliphatic hydroxyl groups excluding tert-OH is 2. The van der Waals surface area contributed by atoms with E-state index in [1.807, 2.05) is 22.6 Å². The van der Waals surface area contributed by atoms with E-state index >= 15 is 0 Å². The first-order chi connectivity index (χ1) is 18.6. The first kappa shape index (κ1) is 30.5. The number of methoxy groups -OCH3 is 1. The number of halogens is 2. The molecule has 9 nitrogen and oxygen atoms in total. The van der Waals surface area contributed by atoms with Gasteiger partial charge in [0.25, 0.3) is 0 Å². The van der Waals surface area contributed by atoms with E-state index in [0.29, 0.717) is 15.4 Å². The van der Waals surface area contributed by atoms with Gasteiger partial charge in [-0.2, -0.15) is 0 Å². The van der Waals surface area contributed by atoms with Crippen molar-refractivity contribution in [3.8, 4) is 11.5 Å². The van der Waals surface area contributed by atoms with Crippen molar-refractivity contribution in [3.05, 3.63) is 68.6 Å². The third kappa shape index (κ3) is 7.34. The summed E-state index contributed by atoms with van der Waals surface area (Å²) in [7, 11) is 1.41. The van der Waals surface area contributed by atoms with Gasteiger partial charge in [-0.15, -0.1) is 0 Å². The number of aldehydes is 1. The number of nitrogens with one attached hydrogen (secondary N) is 1. The highest BCUT2D eigenvalue weighted by molar-refractivity contribution is 14.1. The average molecular weight is 654 g/mol. The maximum Gasteiger partial charge on any atom is 0.247 e. The van der Waals surface area contributed by atoms with Gasteiger partial charge in [0.2, 0.25) is 11.8 Å². The van der Waals surface area contributed by atoms with Gasteiger partial charge in [0.05, 0.1) is 23.3 Å². The molecule has 2 amide bonds. The summed E-state index contributed by atoms with van der Waals surface area (Å²) >= 11 is 1.98. The van der Waals surface area contributed by atoms with Crippen LogP contribution in [0.15, 0.2) is 48.0 Å². The van der Waals surface area contributed by atoms with Gasteiger partial charge < -0.3 is 29.9 Å². The van der Waals surface area contributed by atoms with Gasteiger partial charge in [-0.25, -0.2) is 4.39 Å². The molecular formula is C28H32FIN2O7. The van der Waals surface area contributed by atoms with Crippen LogP contribution in [0, 0.1) is 15.3 Å². The van der Waals surface area contributed by atoms with Gasteiger partial charge >= 0.3 is 0 Å². The SMILES string of the molecule is COc1cc(C=O)cc(I)c1O[C@H]1C=C(C(=O)NCCO)C[C@@H](N(Cc2ccccc2F)C(=O)C(C)C)[C@@H]1O. The monoisotopic (exact) mass is 654 g/mol. The van der Waals surface area contributed by atoms with Crippen LogP contribution in [0.25, 0.3) is 0 Å². The van der Waals surface area contributed by atoms with E-state index in [0.717, 1.165) is 0 Å². The molecule has 3 atom stereocenters. The zero-order valence-electron chi connectivity index (χ0n) is 21.9. The predicted octanol–water partition coefficient (Wildman–Crippen LogP) is 2.85. The molecule has 2 aromatic rings. The van der Waals surface area contributed by atoms with Crippen molar-refractivity contribution in [1.82, 2.24) is 10.2 Å². The zero-order chi connectivity index (χ0) is 28.7. The van der Waals surface area contributed by atoms with Crippen LogP contribution in [0.3, 0.4) is 0 Å². The van der Waals surface area contributed by atoms with Gasteiger partial charge in [0.1, 0.15) is 24.3 Å². The van der Waals surface area contributed by atoms with Crippen molar-refractivity contribution >= 4 is 40.7 Å². The molecule has 1 aliphatic rings. The summed E-state index contributed by atoms with van der Waals surface area (Å²) < 4.78 is 26.7. The molecule has 0 fully saturated rings. The van der Waals surface area contributed by atoms with E-state index in [2.05, 4.69) is 5.32 Å². The molecule has 0 aliphatic heterocycles. The summed E-state index contributed by atoms with van der Waals surface area (Å²) in [4.78, 5) is 39.1. The van der Waals surface area contributed by atoms with Crippen LogP contribution < -0.4 is 14.8 Å². The fourth-order valence-electron chi connectivity index (χ4n) is 4.34. The van der Waals surface area contributed by atoms with Crippen LogP contribution in [-0.2, 0) is 16.1 Å². The molecule has 0 saturated heterocycles. The standard InChI is InChI=1S/C28H32FIN2O7/c1-16(2)28(37)32(14-18-6-4-5-7-20(18)29)22-12-19(27(36)31-8-9-33)13-23(25(22)35)39-26-21(30)10-17(15-34)11-24(26)38-3/h4-7,10-11,13,15-16,22-23,25,33,35H,8-9,12,14H2,1-3H3,(H,31,36)/t22-,23+,25+/m1/s1. The Morgan fingerprint density at radius 1 is 1.28 bits per heavy atom. The molecular weight excluding hydrogens is 622 g/mol. The Balaban J connectivity index is 2.06. The normalized spacial score (nSPS) is 18.8. The highest BCUT2D eigenvalue weighted by Crippen LogP contribution is 2.37. The molecule has 39 heavy (non-hydrogen) atoms. The van der Waals surface area contributed by atoms with E-state index in [9.17, 15) is 29.0 Å². The van der Waals surface area contributed by atoms with Gasteiger partial charge in [0.15, 0.2) is 11.5 Å². The van der Waals surface area contributed by atoms with E-state index in [1.54, 1.807) is 38.1 Å². The number of aliphatic hydroxyl groups is 2. The number of nitrogens with zero attached hydrogens (tertiary/aromatic N) is 1. The largest absolute Gasteiger partial charge is 0.493 e. The molecule has 11 heteroatoms. The lowest BCUT2D eigenvalue weighted by Gasteiger charge is -2.41. The summed E-state index contributed by atoms with van der Waals surface area (Å²) in [5.74, 6) is -1.30. The molecule has 0 unspecified atom stereocenters. The van der Waals surface area contributed by atoms with Crippen molar-refractivity contribution in [1.29, 1.82) is 0 Å². The van der Waals surface area contributed by atoms with E-state index in [4.69, 9.17) is 9.47 Å². The Labute approximate surface area is 240 Å². The number of carbonyl (C=O) groups is 3. The lowest BCUT2D eigenvalue weighted by atomic mass is 9.87. The number of benzene rings is 2. The molecule has 3 N–H and O–H groups in total. The second-order valence-corrected chi connectivity index (χ2v) is 10.5. The molecule has 0 radical (unpaired) electrons. The van der Waals surface area contributed by atoms with Gasteiger partial charge in [-0.1, -0.05) is 32.0 Å². The molecule has 0 saturated carbocycles. The minimum absolute atomic E-state index is 0.0116. The maximum absolute atomic E-state index is 14.6. The lowest BCUT2D eigenvalue weighted by molar-refractivity contribution is -0.142. The highest BCUT2D eigenvalue weighted by Gasteiger charge is 2.41. The van der Waals surface area contributed by atoms with E-state index in [1.165, 1.54) is 30.2 Å². The van der Waals surface area contributed by atoms with Crippen LogP contribution in [-0.4, -0.2) is 71.7 Å². The summed E-state index contributed by atoms with van der Waals surface area (Å²) in [5, 5.41) is 23.3. The quantitative estimate of drug-likeness (QED) is 0.252. The van der Waals surface area contributed by atoms with Crippen LogP contribution in [0.4, 0.5) is 4.39 Å². The van der Waals surface area contributed by atoms with Crippen molar-refractivity contribution in [2.45, 2.75) is 45.1 Å². The molecule has 1 aliphatic carbocycles. The predicted molar refractivity (Wildman–Crippen MR) is 150 cm³/mol. The van der Waals surface area contributed by atoms with Gasteiger partial charge in [-0.3, -0.25) is 14.4 Å². The number of rotatable bonds is 11. The fourth-order valence-corrected chi connectivity index (χ4v) is 5.09. The van der Waals surface area contributed by atoms with Crippen LogP contribution in [0.1, 0.15) is 36.2 Å². The Morgan fingerprint density at radius 2 is 2.00 bits per heavy atom. The van der Waals surface area contributed by atoms with Gasteiger partial charge in [0, 0.05) is 42.1 Å². The number of carbonyl (C=O) groups excluding carboxylic acids is 3. The summed E-state index contributed by atoms with van der Waals surface area (Å²) in [5.41, 5.74) is 0.860. The Kier molecular flexibility index (Phi) is 10.8. The smallest absolute Gasteiger partial charge is 0.247 e. The van der Waals surface area contributed by atoms with Crippen molar-refractivity contribution < 1.29 is 38.5 Å². The summed E-state index contributed by atoms with van der Waals surface area (Å²) in [6.45, 7) is 3.02. The van der Waals surface area contributed by atoms with Gasteiger partial charge in [-0.05, 0) is 46.9 Å². The molecule has 0 bridgehead atoms. The first-order valence-electron chi connectivity index (χ1n) is 12.4. The summed E-state index contributed by atoms with van der Waals surface area (Å²) in [6, 6.07) is 8.19. The Hall–Kier alpha value is -3.03. The number of hydrogen-bond acceptors (Lipinski definition) is 7. The lowest BCUT2D eigenvalue weighted by Crippen LogP contribution is -2.55. The topological polar surface area (TPSA) is 125 Å². The zero-order valence-corrected chi connectivity index (χ0v) is 24.1. The molecule has 3 rings (SSSR count). The molecule has 2 aromatic carbocycles. The second kappa shape index (κ2) is 13.9. The fraction of sp³-hybridized carbons (Fsp3) is 0.393. The number of amides is 2. The van der Waals surface area contributed by atoms with E-state index in [-0.39, 0.29) is 54.7 Å². The first-order valence-corrected chi connectivity index (χ1v) is 13.5. The average Bonchev–Trinajstić information content (AvgIpc) is 2.92. The summed E-state index contributed by atoms with van der Waals surface area (Å²) in [6.07, 6.45) is -0.296. The van der Waals surface area contributed by atoms with Crippen LogP contribution >= 0.6 is 22.6 Å². The maximum atomic E-state index is 14.6. The Morgan fingerprint density at radius 3 is 2.62 bits per heavy atom. The third-order valence-corrected chi connectivity index (χ3v) is 7.13. The molecule has 0 aromatic heterocycles. The minimum Gasteiger partial charge on any atom is -0.493 e. The number of hydrogen-bond donors (Lipinski definition) is 3. The number of ether oxygens (including phenoxy) is 2. The van der Waals surface area contributed by atoms with Crippen molar-refractivity contribution in [3.63, 3.8) is 0 Å². The highest BCUT2D eigenvalue weighted by atomic mass is 127. The minimum atomic E-state index is -1.31. The third-order valence-electron chi connectivity index (χ3n) is 6.33. The second-order valence-electron chi connectivity index (χ2n) is 9.38. The van der Waals surface area contributed by atoms with Crippen molar-refractivity contribution in [2.24, 2.45) is 5.92 Å². The molecule has 0 spiro atoms. The molecule has 210 valence electrons.